The summed E-state index contributed by atoms with van der Waals surface area (Å²) in [5, 5.41) is 1.98. The van der Waals surface area contributed by atoms with Crippen LogP contribution in [0.25, 0.3) is 0 Å². The number of likely N-dealkylation sites (tertiary alicyclic amines) is 1. The molecule has 1 unspecified atom stereocenters. The van der Waals surface area contributed by atoms with Crippen molar-refractivity contribution in [2.24, 2.45) is 5.41 Å². The van der Waals surface area contributed by atoms with Gasteiger partial charge < -0.3 is 4.90 Å². The van der Waals surface area contributed by atoms with Gasteiger partial charge in [-0.05, 0) is 44.1 Å². The maximum absolute atomic E-state index is 12.5. The number of sulfonamides is 1. The summed E-state index contributed by atoms with van der Waals surface area (Å²) in [7, 11) is -3.60. The zero-order valence-corrected chi connectivity index (χ0v) is 16.4. The first-order valence-corrected chi connectivity index (χ1v) is 11.1. The number of hydrogen-bond acceptors (Lipinski definition) is 5. The van der Waals surface area contributed by atoms with Crippen LogP contribution in [0.2, 0.25) is 0 Å². The smallest absolute Gasteiger partial charge is 0.241 e. The monoisotopic (exact) mass is 386 g/mol. The first-order valence-electron chi connectivity index (χ1n) is 8.61. The fraction of sp³-hybridized carbons (Fsp3) is 0.647. The Kier molecular flexibility index (Phi) is 6.62. The number of hydrogen-bond donors (Lipinski definition) is 1. The Bertz CT molecular complexity index is 700. The van der Waals surface area contributed by atoms with Crippen LogP contribution in [0.15, 0.2) is 17.5 Å². The molecule has 140 valence electrons. The fourth-order valence-corrected chi connectivity index (χ4v) is 4.94. The second-order valence-electron chi connectivity index (χ2n) is 6.81. The molecule has 0 radical (unpaired) electrons. The van der Waals surface area contributed by atoms with Gasteiger partial charge in [0.05, 0.1) is 11.2 Å². The molecule has 1 N–H and O–H groups in total. The minimum atomic E-state index is -3.60. The van der Waals surface area contributed by atoms with E-state index in [1.54, 1.807) is 30.1 Å². The highest BCUT2D eigenvalue weighted by Crippen LogP contribution is 2.30. The zero-order valence-electron chi connectivity index (χ0n) is 14.8. The van der Waals surface area contributed by atoms with Crippen molar-refractivity contribution >= 4 is 33.2 Å². The number of amides is 2. The normalized spacial score (nSPS) is 21.1. The number of nitrogens with one attached hydrogen (secondary N) is 1. The molecule has 0 spiro atoms. The zero-order chi connectivity index (χ0) is 18.5. The van der Waals surface area contributed by atoms with Crippen LogP contribution in [0.3, 0.4) is 0 Å². The highest BCUT2D eigenvalue weighted by molar-refractivity contribution is 7.90. The van der Waals surface area contributed by atoms with E-state index in [-0.39, 0.29) is 18.2 Å². The van der Waals surface area contributed by atoms with Crippen molar-refractivity contribution in [1.29, 1.82) is 0 Å². The van der Waals surface area contributed by atoms with Crippen molar-refractivity contribution in [2.75, 3.05) is 18.8 Å². The van der Waals surface area contributed by atoms with Gasteiger partial charge in [0.15, 0.2) is 0 Å². The lowest BCUT2D eigenvalue weighted by Gasteiger charge is -2.39. The first-order chi connectivity index (χ1) is 11.8. The topological polar surface area (TPSA) is 83.6 Å². The Labute approximate surface area is 153 Å². The van der Waals surface area contributed by atoms with E-state index in [0.29, 0.717) is 38.6 Å². The number of piperidine rings is 1. The summed E-state index contributed by atoms with van der Waals surface area (Å²) in [5.74, 6) is -0.557. The van der Waals surface area contributed by atoms with Crippen LogP contribution >= 0.6 is 11.3 Å². The van der Waals surface area contributed by atoms with E-state index in [9.17, 15) is 18.0 Å². The Morgan fingerprint density at radius 2 is 2.16 bits per heavy atom. The van der Waals surface area contributed by atoms with Gasteiger partial charge in [0.2, 0.25) is 21.8 Å². The third kappa shape index (κ3) is 5.54. The molecule has 1 fully saturated rings. The Morgan fingerprint density at radius 1 is 1.40 bits per heavy atom. The van der Waals surface area contributed by atoms with E-state index in [4.69, 9.17) is 0 Å². The van der Waals surface area contributed by atoms with Crippen LogP contribution in [-0.2, 0) is 26.0 Å². The van der Waals surface area contributed by atoms with Gasteiger partial charge in [0.1, 0.15) is 0 Å². The van der Waals surface area contributed by atoms with E-state index in [1.807, 2.05) is 17.5 Å². The molecule has 0 aromatic carbocycles. The van der Waals surface area contributed by atoms with E-state index in [0.717, 1.165) is 4.88 Å². The second kappa shape index (κ2) is 8.31. The molecule has 0 saturated carbocycles. The number of nitrogens with zero attached hydrogens (tertiary/aromatic N) is 1. The molecule has 2 rings (SSSR count). The minimum Gasteiger partial charge on any atom is -0.342 e. The highest BCUT2D eigenvalue weighted by atomic mass is 32.2. The molecule has 1 aromatic rings. The van der Waals surface area contributed by atoms with Gasteiger partial charge in [-0.15, -0.1) is 11.3 Å². The minimum absolute atomic E-state index is 0.0172. The van der Waals surface area contributed by atoms with Crippen molar-refractivity contribution in [1.82, 2.24) is 9.62 Å². The summed E-state index contributed by atoms with van der Waals surface area (Å²) in [6.07, 6.45) is 2.83. The summed E-state index contributed by atoms with van der Waals surface area (Å²) >= 11 is 1.63. The van der Waals surface area contributed by atoms with Gasteiger partial charge in [-0.25, -0.2) is 8.42 Å². The van der Waals surface area contributed by atoms with E-state index >= 15 is 0 Å². The lowest BCUT2D eigenvalue weighted by Crippen LogP contribution is -2.53. The third-order valence-corrected chi connectivity index (χ3v) is 6.86. The fourth-order valence-electron chi connectivity index (χ4n) is 3.06. The van der Waals surface area contributed by atoms with E-state index in [2.05, 4.69) is 4.72 Å². The summed E-state index contributed by atoms with van der Waals surface area (Å²) in [4.78, 5) is 27.8. The molecule has 2 amide bonds. The molecule has 2 heterocycles. The quantitative estimate of drug-likeness (QED) is 0.778. The van der Waals surface area contributed by atoms with Crippen molar-refractivity contribution in [3.8, 4) is 0 Å². The maximum atomic E-state index is 12.5. The molecule has 1 aliphatic rings. The molecule has 1 atom stereocenters. The Hall–Kier alpha value is -1.41. The van der Waals surface area contributed by atoms with Gasteiger partial charge >= 0.3 is 0 Å². The number of aryl methyl sites for hydroxylation is 1. The average molecular weight is 387 g/mol. The molecule has 6 nitrogen and oxygen atoms in total. The summed E-state index contributed by atoms with van der Waals surface area (Å²) in [5.41, 5.74) is -0.863. The van der Waals surface area contributed by atoms with E-state index in [1.165, 1.54) is 0 Å². The predicted octanol–water partition coefficient (Wildman–Crippen LogP) is 2.17. The largest absolute Gasteiger partial charge is 0.342 e. The molecule has 8 heteroatoms. The number of carbonyl (C=O) groups is 2. The van der Waals surface area contributed by atoms with Crippen LogP contribution in [0, 0.1) is 5.41 Å². The standard InChI is InChI=1S/C17H26N2O4S2/c1-3-12-25(22,23)18-16(21)17(2)9-5-10-19(13-17)15(20)8-7-14-6-4-11-24-14/h4,6,11H,3,5,7-10,12-13H2,1-2H3,(H,18,21). The summed E-state index contributed by atoms with van der Waals surface area (Å²) in [6.45, 7) is 4.38. The molecule has 1 aromatic heterocycles. The Morgan fingerprint density at radius 3 is 2.80 bits per heavy atom. The van der Waals surface area contributed by atoms with Gasteiger partial charge in [-0.1, -0.05) is 13.0 Å². The highest BCUT2D eigenvalue weighted by Gasteiger charge is 2.40. The molecular formula is C17H26N2O4S2. The van der Waals surface area contributed by atoms with Crippen LogP contribution in [0.4, 0.5) is 0 Å². The van der Waals surface area contributed by atoms with Gasteiger partial charge in [0, 0.05) is 24.4 Å². The predicted molar refractivity (Wildman–Crippen MR) is 98.8 cm³/mol. The van der Waals surface area contributed by atoms with Crippen molar-refractivity contribution < 1.29 is 18.0 Å². The molecule has 25 heavy (non-hydrogen) atoms. The third-order valence-electron chi connectivity index (χ3n) is 4.48. The van der Waals surface area contributed by atoms with Crippen molar-refractivity contribution in [2.45, 2.75) is 46.0 Å². The molecule has 1 saturated heterocycles. The average Bonchev–Trinajstić information content (AvgIpc) is 3.05. The van der Waals surface area contributed by atoms with Gasteiger partial charge in [0.25, 0.3) is 0 Å². The van der Waals surface area contributed by atoms with Crippen LogP contribution in [0.1, 0.15) is 44.4 Å². The molecular weight excluding hydrogens is 360 g/mol. The van der Waals surface area contributed by atoms with Crippen LogP contribution in [0.5, 0.6) is 0 Å². The van der Waals surface area contributed by atoms with Crippen molar-refractivity contribution in [3.63, 3.8) is 0 Å². The van der Waals surface area contributed by atoms with Crippen LogP contribution < -0.4 is 4.72 Å². The van der Waals surface area contributed by atoms with Gasteiger partial charge in [-0.2, -0.15) is 0 Å². The van der Waals surface area contributed by atoms with E-state index < -0.39 is 21.3 Å². The summed E-state index contributed by atoms with van der Waals surface area (Å²) in [6, 6.07) is 3.97. The van der Waals surface area contributed by atoms with Crippen LogP contribution in [-0.4, -0.2) is 44.0 Å². The second-order valence-corrected chi connectivity index (χ2v) is 9.68. The van der Waals surface area contributed by atoms with Gasteiger partial charge in [-0.3, -0.25) is 14.3 Å². The molecule has 0 aliphatic carbocycles. The lowest BCUT2D eigenvalue weighted by molar-refractivity contribution is -0.139. The lowest BCUT2D eigenvalue weighted by atomic mass is 9.81. The molecule has 1 aliphatic heterocycles. The number of rotatable bonds is 7. The number of carbonyl (C=O) groups excluding carboxylic acids is 2. The maximum Gasteiger partial charge on any atom is 0.241 e. The summed E-state index contributed by atoms with van der Waals surface area (Å²) < 4.78 is 25.9. The Balaban J connectivity index is 1.95. The van der Waals surface area contributed by atoms with Crippen molar-refractivity contribution in [3.05, 3.63) is 22.4 Å². The SMILES string of the molecule is CCCS(=O)(=O)NC(=O)C1(C)CCCN(C(=O)CCc2cccs2)C1. The first kappa shape index (κ1) is 19.9. The molecule has 0 bridgehead atoms. The number of thiophene rings is 1.